The molecule has 1 rings (SSSR count). The molecule has 15 heavy (non-hydrogen) atoms. The Bertz CT molecular complexity index is 350. The quantitative estimate of drug-likeness (QED) is 0.783. The predicted octanol–water partition coefficient (Wildman–Crippen LogP) is 2.44. The molecular formula is C11H14O3S. The molecule has 3 nitrogen and oxygen atoms in total. The Morgan fingerprint density at radius 1 is 1.53 bits per heavy atom. The molecule has 0 aliphatic rings. The van der Waals surface area contributed by atoms with Gasteiger partial charge in [-0.1, -0.05) is 6.07 Å². The lowest BCUT2D eigenvalue weighted by Crippen LogP contribution is -2.06. The molecule has 1 N–H and O–H groups in total. The van der Waals surface area contributed by atoms with Gasteiger partial charge in [0.15, 0.2) is 0 Å². The number of rotatable bonds is 5. The van der Waals surface area contributed by atoms with Crippen molar-refractivity contribution in [3.8, 4) is 5.75 Å². The highest BCUT2D eigenvalue weighted by Crippen LogP contribution is 2.20. The van der Waals surface area contributed by atoms with Gasteiger partial charge < -0.3 is 9.84 Å². The summed E-state index contributed by atoms with van der Waals surface area (Å²) in [5.74, 6) is 0.359. The van der Waals surface area contributed by atoms with E-state index >= 15 is 0 Å². The number of aromatic carboxylic acids is 1. The van der Waals surface area contributed by atoms with Gasteiger partial charge in [-0.15, -0.1) is 0 Å². The molecule has 0 atom stereocenters. The van der Waals surface area contributed by atoms with Gasteiger partial charge in [0, 0.05) is 5.75 Å². The number of ether oxygens (including phenoxy) is 1. The number of hydrogen-bond donors (Lipinski definition) is 1. The maximum Gasteiger partial charge on any atom is 0.339 e. The number of hydrogen-bond acceptors (Lipinski definition) is 3. The second-order valence-corrected chi connectivity index (χ2v) is 4.13. The minimum atomic E-state index is -0.950. The Labute approximate surface area is 93.4 Å². The third-order valence-corrected chi connectivity index (χ3v) is 2.49. The Kier molecular flexibility index (Phi) is 4.49. The highest BCUT2D eigenvalue weighted by Gasteiger charge is 2.10. The molecule has 4 heteroatoms. The van der Waals surface area contributed by atoms with E-state index in [1.54, 1.807) is 30.0 Å². The summed E-state index contributed by atoms with van der Waals surface area (Å²) < 4.78 is 5.42. The highest BCUT2D eigenvalue weighted by atomic mass is 32.2. The maximum atomic E-state index is 10.9. The second kappa shape index (κ2) is 5.66. The lowest BCUT2D eigenvalue weighted by molar-refractivity contribution is 0.0692. The van der Waals surface area contributed by atoms with Crippen molar-refractivity contribution in [3.63, 3.8) is 0 Å². The van der Waals surface area contributed by atoms with Crippen LogP contribution < -0.4 is 4.74 Å². The summed E-state index contributed by atoms with van der Waals surface area (Å²) in [6.07, 6.45) is 1.98. The van der Waals surface area contributed by atoms with E-state index in [4.69, 9.17) is 9.84 Å². The first-order valence-electron chi connectivity index (χ1n) is 4.61. The molecule has 1 aromatic rings. The van der Waals surface area contributed by atoms with Gasteiger partial charge in [-0.2, -0.15) is 11.8 Å². The van der Waals surface area contributed by atoms with Crippen LogP contribution in [0.3, 0.4) is 0 Å². The summed E-state index contributed by atoms with van der Waals surface area (Å²) in [4.78, 5) is 10.9. The lowest BCUT2D eigenvalue weighted by atomic mass is 10.1. The summed E-state index contributed by atoms with van der Waals surface area (Å²) in [5, 5.41) is 8.93. The van der Waals surface area contributed by atoms with Crippen LogP contribution in [0.1, 0.15) is 15.9 Å². The predicted molar refractivity (Wildman–Crippen MR) is 62.0 cm³/mol. The number of thioether (sulfide) groups is 1. The molecule has 0 aromatic heterocycles. The molecule has 0 heterocycles. The summed E-state index contributed by atoms with van der Waals surface area (Å²) in [5.41, 5.74) is 1.22. The molecule has 0 fully saturated rings. The fourth-order valence-corrected chi connectivity index (χ4v) is 1.41. The minimum absolute atomic E-state index is 0.224. The molecule has 0 saturated carbocycles. The number of carbonyl (C=O) groups is 1. The van der Waals surface area contributed by atoms with E-state index in [-0.39, 0.29) is 5.56 Å². The molecule has 0 aliphatic heterocycles. The standard InChI is InChI=1S/C11H14O3S/c1-8-3-4-9(11(12)13)10(7-8)14-5-6-15-2/h3-4,7H,5-6H2,1-2H3,(H,12,13). The fourth-order valence-electron chi connectivity index (χ4n) is 1.16. The molecular weight excluding hydrogens is 212 g/mol. The van der Waals surface area contributed by atoms with Crippen LogP contribution >= 0.6 is 11.8 Å². The van der Waals surface area contributed by atoms with Crippen molar-refractivity contribution in [2.24, 2.45) is 0 Å². The monoisotopic (exact) mass is 226 g/mol. The van der Waals surface area contributed by atoms with Gasteiger partial charge in [0.1, 0.15) is 11.3 Å². The molecule has 1 aromatic carbocycles. The summed E-state index contributed by atoms with van der Waals surface area (Å²) in [7, 11) is 0. The first-order valence-corrected chi connectivity index (χ1v) is 6.00. The molecule has 0 unspecified atom stereocenters. The fraction of sp³-hybridized carbons (Fsp3) is 0.364. The molecule has 0 radical (unpaired) electrons. The van der Waals surface area contributed by atoms with E-state index < -0.39 is 5.97 Å². The number of carboxylic acid groups (broad SMARTS) is 1. The van der Waals surface area contributed by atoms with E-state index in [1.165, 1.54) is 0 Å². The second-order valence-electron chi connectivity index (χ2n) is 3.15. The minimum Gasteiger partial charge on any atom is -0.492 e. The van der Waals surface area contributed by atoms with Crippen molar-refractivity contribution in [2.75, 3.05) is 18.6 Å². The normalized spacial score (nSPS) is 10.0. The van der Waals surface area contributed by atoms with Crippen LogP contribution in [0.2, 0.25) is 0 Å². The van der Waals surface area contributed by atoms with Gasteiger partial charge in [-0.25, -0.2) is 4.79 Å². The highest BCUT2D eigenvalue weighted by molar-refractivity contribution is 7.98. The summed E-state index contributed by atoms with van der Waals surface area (Å²) in [6.45, 7) is 2.44. The third-order valence-electron chi connectivity index (χ3n) is 1.91. The van der Waals surface area contributed by atoms with Crippen molar-refractivity contribution in [2.45, 2.75) is 6.92 Å². The lowest BCUT2D eigenvalue weighted by Gasteiger charge is -2.09. The largest absolute Gasteiger partial charge is 0.492 e. The third kappa shape index (κ3) is 3.47. The topological polar surface area (TPSA) is 46.5 Å². The van der Waals surface area contributed by atoms with Gasteiger partial charge in [0.05, 0.1) is 6.61 Å². The molecule has 0 saturated heterocycles. The van der Waals surface area contributed by atoms with Gasteiger partial charge in [0.2, 0.25) is 0 Å². The van der Waals surface area contributed by atoms with Crippen molar-refractivity contribution in [3.05, 3.63) is 29.3 Å². The first-order chi connectivity index (χ1) is 7.15. The number of benzene rings is 1. The van der Waals surface area contributed by atoms with Gasteiger partial charge in [0.25, 0.3) is 0 Å². The van der Waals surface area contributed by atoms with Crippen LogP contribution in [0.15, 0.2) is 18.2 Å². The Morgan fingerprint density at radius 2 is 2.27 bits per heavy atom. The molecule has 0 bridgehead atoms. The Balaban J connectivity index is 2.82. The van der Waals surface area contributed by atoms with Crippen LogP contribution in [0, 0.1) is 6.92 Å². The zero-order chi connectivity index (χ0) is 11.3. The van der Waals surface area contributed by atoms with Crippen molar-refractivity contribution in [1.29, 1.82) is 0 Å². The number of carboxylic acids is 1. The number of aryl methyl sites for hydroxylation is 1. The zero-order valence-electron chi connectivity index (χ0n) is 8.82. The SMILES string of the molecule is CSCCOc1cc(C)ccc1C(=O)O. The smallest absolute Gasteiger partial charge is 0.339 e. The van der Waals surface area contributed by atoms with E-state index in [0.717, 1.165) is 11.3 Å². The first kappa shape index (κ1) is 11.9. The van der Waals surface area contributed by atoms with Gasteiger partial charge in [-0.3, -0.25) is 0 Å². The van der Waals surface area contributed by atoms with Crippen molar-refractivity contribution >= 4 is 17.7 Å². The van der Waals surface area contributed by atoms with Gasteiger partial charge in [-0.05, 0) is 30.9 Å². The van der Waals surface area contributed by atoms with E-state index in [2.05, 4.69) is 0 Å². The van der Waals surface area contributed by atoms with Gasteiger partial charge >= 0.3 is 5.97 Å². The molecule has 0 aliphatic carbocycles. The average molecular weight is 226 g/mol. The zero-order valence-corrected chi connectivity index (χ0v) is 9.63. The van der Waals surface area contributed by atoms with Crippen molar-refractivity contribution < 1.29 is 14.6 Å². The molecule has 0 amide bonds. The van der Waals surface area contributed by atoms with Crippen LogP contribution in [0.4, 0.5) is 0 Å². The van der Waals surface area contributed by atoms with Crippen molar-refractivity contribution in [1.82, 2.24) is 0 Å². The molecule has 82 valence electrons. The van der Waals surface area contributed by atoms with E-state index in [1.807, 2.05) is 13.2 Å². The van der Waals surface area contributed by atoms with Crippen LogP contribution in [-0.2, 0) is 0 Å². The molecule has 0 spiro atoms. The Morgan fingerprint density at radius 3 is 2.87 bits per heavy atom. The van der Waals surface area contributed by atoms with Crippen LogP contribution in [0.25, 0.3) is 0 Å². The summed E-state index contributed by atoms with van der Waals surface area (Å²) >= 11 is 1.67. The average Bonchev–Trinajstić information content (AvgIpc) is 2.18. The Hall–Kier alpha value is -1.16. The van der Waals surface area contributed by atoms with E-state index in [9.17, 15) is 4.79 Å². The maximum absolute atomic E-state index is 10.9. The van der Waals surface area contributed by atoms with Crippen LogP contribution in [-0.4, -0.2) is 29.7 Å². The van der Waals surface area contributed by atoms with E-state index in [0.29, 0.717) is 12.4 Å². The summed E-state index contributed by atoms with van der Waals surface area (Å²) in [6, 6.07) is 5.10. The van der Waals surface area contributed by atoms with Crippen LogP contribution in [0.5, 0.6) is 5.75 Å².